The average Bonchev–Trinajstić information content (AvgIpc) is 3.16. The standard InChI is InChI=1S/C16H13N3O3S/c1-10-7-9-23-14(10)15(20)17-11-4-2-3-5-13(11)19-8-6-12(18-19)16(21)22/h2-9H,1H3,(H,17,20)(H,21,22). The van der Waals surface area contributed by atoms with Gasteiger partial charge in [0, 0.05) is 6.20 Å². The third-order valence-electron chi connectivity index (χ3n) is 3.28. The Balaban J connectivity index is 1.93. The minimum absolute atomic E-state index is 0.0553. The predicted molar refractivity (Wildman–Crippen MR) is 87.5 cm³/mol. The van der Waals surface area contributed by atoms with Gasteiger partial charge in [0.1, 0.15) is 0 Å². The molecular formula is C16H13N3O3S. The van der Waals surface area contributed by atoms with Crippen molar-refractivity contribution in [3.05, 3.63) is 64.1 Å². The molecule has 1 aromatic carbocycles. The molecule has 2 heterocycles. The van der Waals surface area contributed by atoms with Gasteiger partial charge in [-0.05, 0) is 42.1 Å². The largest absolute Gasteiger partial charge is 0.476 e. The summed E-state index contributed by atoms with van der Waals surface area (Å²) in [6.45, 7) is 1.88. The van der Waals surface area contributed by atoms with E-state index < -0.39 is 5.97 Å². The zero-order valence-electron chi connectivity index (χ0n) is 12.2. The van der Waals surface area contributed by atoms with Crippen LogP contribution in [0.15, 0.2) is 48.0 Å². The first-order valence-corrected chi connectivity index (χ1v) is 7.68. The van der Waals surface area contributed by atoms with Crippen LogP contribution in [0.1, 0.15) is 25.7 Å². The lowest BCUT2D eigenvalue weighted by Gasteiger charge is -2.10. The topological polar surface area (TPSA) is 84.2 Å². The molecule has 1 amide bonds. The first-order chi connectivity index (χ1) is 11.1. The van der Waals surface area contributed by atoms with E-state index in [0.29, 0.717) is 16.3 Å². The molecule has 0 aliphatic carbocycles. The van der Waals surface area contributed by atoms with E-state index in [9.17, 15) is 9.59 Å². The van der Waals surface area contributed by atoms with Gasteiger partial charge < -0.3 is 10.4 Å². The second kappa shape index (κ2) is 6.05. The van der Waals surface area contributed by atoms with Crippen molar-refractivity contribution in [2.75, 3.05) is 5.32 Å². The van der Waals surface area contributed by atoms with Gasteiger partial charge in [-0.1, -0.05) is 12.1 Å². The SMILES string of the molecule is Cc1ccsc1C(=O)Nc1ccccc1-n1ccc(C(=O)O)n1. The van der Waals surface area contributed by atoms with Crippen molar-refractivity contribution in [1.29, 1.82) is 0 Å². The fourth-order valence-electron chi connectivity index (χ4n) is 2.14. The van der Waals surface area contributed by atoms with Crippen molar-refractivity contribution in [2.24, 2.45) is 0 Å². The van der Waals surface area contributed by atoms with E-state index in [4.69, 9.17) is 5.11 Å². The molecule has 0 atom stereocenters. The number of amides is 1. The molecule has 0 fully saturated rings. The molecule has 0 spiro atoms. The molecule has 116 valence electrons. The summed E-state index contributed by atoms with van der Waals surface area (Å²) in [6, 6.07) is 10.4. The molecule has 0 aliphatic rings. The number of benzene rings is 1. The molecule has 2 N–H and O–H groups in total. The van der Waals surface area contributed by atoms with E-state index in [1.54, 1.807) is 30.5 Å². The van der Waals surface area contributed by atoms with Crippen molar-refractivity contribution < 1.29 is 14.7 Å². The molecule has 23 heavy (non-hydrogen) atoms. The second-order valence-electron chi connectivity index (χ2n) is 4.85. The van der Waals surface area contributed by atoms with Gasteiger partial charge in [0.05, 0.1) is 16.3 Å². The second-order valence-corrected chi connectivity index (χ2v) is 5.77. The van der Waals surface area contributed by atoms with Crippen molar-refractivity contribution in [2.45, 2.75) is 6.92 Å². The number of aromatic carboxylic acids is 1. The number of nitrogens with zero attached hydrogens (tertiary/aromatic N) is 2. The zero-order valence-corrected chi connectivity index (χ0v) is 13.0. The number of para-hydroxylation sites is 2. The van der Waals surface area contributed by atoms with Crippen molar-refractivity contribution in [1.82, 2.24) is 9.78 Å². The highest BCUT2D eigenvalue weighted by Crippen LogP contribution is 2.22. The number of hydrogen-bond acceptors (Lipinski definition) is 4. The van der Waals surface area contributed by atoms with Crippen LogP contribution in [0, 0.1) is 6.92 Å². The maximum absolute atomic E-state index is 12.4. The number of rotatable bonds is 4. The van der Waals surface area contributed by atoms with E-state index in [0.717, 1.165) is 5.56 Å². The minimum atomic E-state index is -1.10. The van der Waals surface area contributed by atoms with Crippen LogP contribution in [0.4, 0.5) is 5.69 Å². The van der Waals surface area contributed by atoms with Gasteiger partial charge >= 0.3 is 5.97 Å². The fraction of sp³-hybridized carbons (Fsp3) is 0.0625. The molecule has 0 bridgehead atoms. The summed E-state index contributed by atoms with van der Waals surface area (Å²) in [4.78, 5) is 24.0. The van der Waals surface area contributed by atoms with E-state index in [2.05, 4.69) is 10.4 Å². The Morgan fingerprint density at radius 1 is 1.22 bits per heavy atom. The van der Waals surface area contributed by atoms with Crippen LogP contribution in [0.3, 0.4) is 0 Å². The van der Waals surface area contributed by atoms with Crippen LogP contribution < -0.4 is 5.32 Å². The Morgan fingerprint density at radius 3 is 2.65 bits per heavy atom. The average molecular weight is 327 g/mol. The Labute approximate surface area is 136 Å². The number of thiophene rings is 1. The highest BCUT2D eigenvalue weighted by molar-refractivity contribution is 7.12. The van der Waals surface area contributed by atoms with Crippen LogP contribution >= 0.6 is 11.3 Å². The van der Waals surface area contributed by atoms with Crippen molar-refractivity contribution in [3.63, 3.8) is 0 Å². The van der Waals surface area contributed by atoms with Gasteiger partial charge in [-0.25, -0.2) is 9.48 Å². The molecule has 0 saturated heterocycles. The van der Waals surface area contributed by atoms with Crippen LogP contribution in [-0.4, -0.2) is 26.8 Å². The summed E-state index contributed by atoms with van der Waals surface area (Å²) < 4.78 is 1.43. The summed E-state index contributed by atoms with van der Waals surface area (Å²) in [6.07, 6.45) is 1.55. The molecule has 0 saturated carbocycles. The van der Waals surface area contributed by atoms with Gasteiger partial charge in [0.25, 0.3) is 5.91 Å². The maximum atomic E-state index is 12.4. The van der Waals surface area contributed by atoms with Crippen molar-refractivity contribution in [3.8, 4) is 5.69 Å². The van der Waals surface area contributed by atoms with Gasteiger partial charge in [-0.15, -0.1) is 11.3 Å². The number of aromatic nitrogens is 2. The predicted octanol–water partition coefficient (Wildman–Crippen LogP) is 3.19. The number of carbonyl (C=O) groups excluding carboxylic acids is 1. The zero-order chi connectivity index (χ0) is 16.4. The molecule has 3 rings (SSSR count). The summed E-state index contributed by atoms with van der Waals surface area (Å²) in [5.41, 5.74) is 2.02. The number of carboxylic acids is 1. The van der Waals surface area contributed by atoms with E-state index in [-0.39, 0.29) is 11.6 Å². The summed E-state index contributed by atoms with van der Waals surface area (Å²) in [5.74, 6) is -1.30. The number of aryl methyl sites for hydroxylation is 1. The number of nitrogens with one attached hydrogen (secondary N) is 1. The van der Waals surface area contributed by atoms with Crippen LogP contribution in [0.2, 0.25) is 0 Å². The van der Waals surface area contributed by atoms with Crippen LogP contribution in [0.5, 0.6) is 0 Å². The van der Waals surface area contributed by atoms with Crippen LogP contribution in [0.25, 0.3) is 5.69 Å². The summed E-state index contributed by atoms with van der Waals surface area (Å²) in [5, 5.41) is 17.7. The van der Waals surface area contributed by atoms with Gasteiger partial charge in [-0.3, -0.25) is 4.79 Å². The lowest BCUT2D eigenvalue weighted by atomic mass is 10.2. The number of carbonyl (C=O) groups is 2. The van der Waals surface area contributed by atoms with Gasteiger partial charge in [0.2, 0.25) is 0 Å². The molecule has 3 aromatic rings. The summed E-state index contributed by atoms with van der Waals surface area (Å²) in [7, 11) is 0. The quantitative estimate of drug-likeness (QED) is 0.771. The first-order valence-electron chi connectivity index (χ1n) is 6.80. The lowest BCUT2D eigenvalue weighted by molar-refractivity contribution is 0.0689. The monoisotopic (exact) mass is 327 g/mol. The maximum Gasteiger partial charge on any atom is 0.356 e. The number of anilines is 1. The fourth-order valence-corrected chi connectivity index (χ4v) is 2.96. The third kappa shape index (κ3) is 3.00. The minimum Gasteiger partial charge on any atom is -0.476 e. The third-order valence-corrected chi connectivity index (χ3v) is 4.29. The molecule has 7 heteroatoms. The van der Waals surface area contributed by atoms with Crippen molar-refractivity contribution >= 4 is 28.9 Å². The number of carboxylic acid groups (broad SMARTS) is 1. The smallest absolute Gasteiger partial charge is 0.356 e. The first kappa shape index (κ1) is 15.0. The number of hydrogen-bond donors (Lipinski definition) is 2. The molecule has 0 radical (unpaired) electrons. The van der Waals surface area contributed by atoms with Gasteiger partial charge in [0.15, 0.2) is 5.69 Å². The highest BCUT2D eigenvalue weighted by Gasteiger charge is 2.14. The Bertz CT molecular complexity index is 882. The molecule has 0 unspecified atom stereocenters. The Kier molecular flexibility index (Phi) is 3.94. The molecule has 6 nitrogen and oxygen atoms in total. The summed E-state index contributed by atoms with van der Waals surface area (Å²) >= 11 is 1.37. The Morgan fingerprint density at radius 2 is 2.00 bits per heavy atom. The van der Waals surface area contributed by atoms with Crippen LogP contribution in [-0.2, 0) is 0 Å². The highest BCUT2D eigenvalue weighted by atomic mass is 32.1. The molecule has 0 aliphatic heterocycles. The Hall–Kier alpha value is -2.93. The lowest BCUT2D eigenvalue weighted by Crippen LogP contribution is -2.13. The molecule has 2 aromatic heterocycles. The normalized spacial score (nSPS) is 10.5. The van der Waals surface area contributed by atoms with E-state index in [1.807, 2.05) is 18.4 Å². The van der Waals surface area contributed by atoms with Gasteiger partial charge in [-0.2, -0.15) is 5.10 Å². The van der Waals surface area contributed by atoms with E-state index >= 15 is 0 Å². The van der Waals surface area contributed by atoms with E-state index in [1.165, 1.54) is 22.1 Å². The molecular weight excluding hydrogens is 314 g/mol.